The Balaban J connectivity index is 2.01. The fraction of sp³-hybridized carbons (Fsp3) is 0.308. The molecule has 0 atom stereocenters. The second-order valence-corrected chi connectivity index (χ2v) is 6.87. The summed E-state index contributed by atoms with van der Waals surface area (Å²) in [5, 5.41) is 7.19. The Kier molecular flexibility index (Phi) is 3.10. The van der Waals surface area contributed by atoms with E-state index in [1.165, 1.54) is 22.7 Å². The van der Waals surface area contributed by atoms with Gasteiger partial charge in [-0.15, -0.1) is 0 Å². The molecule has 7 heteroatoms. The van der Waals surface area contributed by atoms with Crippen molar-refractivity contribution in [3.8, 4) is 11.3 Å². The molecule has 1 aliphatic rings. The number of benzene rings is 1. The number of aromatic amines is 1. The lowest BCUT2D eigenvalue weighted by Crippen LogP contribution is -2.35. The molecule has 0 saturated carbocycles. The SMILES string of the molecule is CS(=O)(=O)N1CCc2[nH]nc(-c3ccc(F)cc3)c2C1. The summed E-state index contributed by atoms with van der Waals surface area (Å²) < 4.78 is 37.7. The number of halogens is 1. The van der Waals surface area contributed by atoms with E-state index in [1.807, 2.05) is 0 Å². The molecular weight excluding hydrogens is 281 g/mol. The normalized spacial score (nSPS) is 16.1. The lowest BCUT2D eigenvalue weighted by atomic mass is 10.0. The highest BCUT2D eigenvalue weighted by Gasteiger charge is 2.27. The van der Waals surface area contributed by atoms with Gasteiger partial charge in [-0.05, 0) is 24.3 Å². The van der Waals surface area contributed by atoms with Crippen molar-refractivity contribution >= 4 is 10.0 Å². The Labute approximate surface area is 116 Å². The van der Waals surface area contributed by atoms with Gasteiger partial charge in [-0.2, -0.15) is 9.40 Å². The number of sulfonamides is 1. The lowest BCUT2D eigenvalue weighted by molar-refractivity contribution is 0.394. The van der Waals surface area contributed by atoms with Crippen LogP contribution in [0.5, 0.6) is 0 Å². The van der Waals surface area contributed by atoms with Crippen LogP contribution in [0.25, 0.3) is 11.3 Å². The van der Waals surface area contributed by atoms with E-state index in [0.29, 0.717) is 25.2 Å². The monoisotopic (exact) mass is 295 g/mol. The first kappa shape index (κ1) is 13.3. The number of nitrogens with one attached hydrogen (secondary N) is 1. The van der Waals surface area contributed by atoms with Crippen molar-refractivity contribution in [3.05, 3.63) is 41.3 Å². The first-order valence-electron chi connectivity index (χ1n) is 6.22. The summed E-state index contributed by atoms with van der Waals surface area (Å²) in [7, 11) is -3.22. The van der Waals surface area contributed by atoms with E-state index < -0.39 is 10.0 Å². The van der Waals surface area contributed by atoms with Gasteiger partial charge < -0.3 is 0 Å². The Morgan fingerprint density at radius 3 is 2.65 bits per heavy atom. The van der Waals surface area contributed by atoms with E-state index in [1.54, 1.807) is 12.1 Å². The number of fused-ring (bicyclic) bond motifs is 1. The van der Waals surface area contributed by atoms with E-state index >= 15 is 0 Å². The number of nitrogens with zero attached hydrogens (tertiary/aromatic N) is 2. The topological polar surface area (TPSA) is 66.1 Å². The highest BCUT2D eigenvalue weighted by atomic mass is 32.2. The van der Waals surface area contributed by atoms with Crippen molar-refractivity contribution in [2.24, 2.45) is 0 Å². The minimum absolute atomic E-state index is 0.303. The average Bonchev–Trinajstić information content (AvgIpc) is 2.81. The molecule has 1 N–H and O–H groups in total. The minimum Gasteiger partial charge on any atom is -0.282 e. The van der Waals surface area contributed by atoms with Crippen LogP contribution in [-0.4, -0.2) is 35.7 Å². The van der Waals surface area contributed by atoms with Crippen LogP contribution in [0.2, 0.25) is 0 Å². The lowest BCUT2D eigenvalue weighted by Gasteiger charge is -2.24. The fourth-order valence-electron chi connectivity index (χ4n) is 2.40. The molecule has 0 spiro atoms. The second kappa shape index (κ2) is 4.68. The van der Waals surface area contributed by atoms with Crippen molar-refractivity contribution in [1.29, 1.82) is 0 Å². The maximum Gasteiger partial charge on any atom is 0.211 e. The van der Waals surface area contributed by atoms with Gasteiger partial charge in [-0.3, -0.25) is 5.10 Å². The van der Waals surface area contributed by atoms with Crippen LogP contribution < -0.4 is 0 Å². The molecule has 0 fully saturated rings. The van der Waals surface area contributed by atoms with Gasteiger partial charge in [0, 0.05) is 36.3 Å². The highest BCUT2D eigenvalue weighted by molar-refractivity contribution is 7.88. The smallest absolute Gasteiger partial charge is 0.211 e. The van der Waals surface area contributed by atoms with Crippen molar-refractivity contribution in [1.82, 2.24) is 14.5 Å². The molecule has 0 amide bonds. The van der Waals surface area contributed by atoms with E-state index in [-0.39, 0.29) is 5.82 Å². The Bertz CT molecular complexity index is 737. The van der Waals surface area contributed by atoms with Crippen LogP contribution in [0.4, 0.5) is 4.39 Å². The quantitative estimate of drug-likeness (QED) is 0.914. The van der Waals surface area contributed by atoms with Crippen LogP contribution in [-0.2, 0) is 23.0 Å². The summed E-state index contributed by atoms with van der Waals surface area (Å²) in [4.78, 5) is 0. The maximum absolute atomic E-state index is 13.0. The van der Waals surface area contributed by atoms with E-state index in [4.69, 9.17) is 0 Å². The van der Waals surface area contributed by atoms with Gasteiger partial charge in [-0.25, -0.2) is 12.8 Å². The number of aromatic nitrogens is 2. The molecular formula is C13H14FN3O2S. The van der Waals surface area contributed by atoms with Crippen molar-refractivity contribution in [3.63, 3.8) is 0 Å². The van der Waals surface area contributed by atoms with Gasteiger partial charge in [-0.1, -0.05) is 0 Å². The summed E-state index contributed by atoms with van der Waals surface area (Å²) in [5.41, 5.74) is 3.28. The summed E-state index contributed by atoms with van der Waals surface area (Å²) in [6.07, 6.45) is 1.81. The van der Waals surface area contributed by atoms with Gasteiger partial charge in [0.25, 0.3) is 0 Å². The van der Waals surface area contributed by atoms with Crippen LogP contribution >= 0.6 is 0 Å². The molecule has 5 nitrogen and oxygen atoms in total. The molecule has 106 valence electrons. The van der Waals surface area contributed by atoms with Gasteiger partial charge in [0.2, 0.25) is 10.0 Å². The van der Waals surface area contributed by atoms with Crippen molar-refractivity contribution < 1.29 is 12.8 Å². The molecule has 3 rings (SSSR count). The highest BCUT2D eigenvalue weighted by Crippen LogP contribution is 2.29. The first-order chi connectivity index (χ1) is 9.45. The number of hydrogen-bond donors (Lipinski definition) is 1. The van der Waals surface area contributed by atoms with Gasteiger partial charge in [0.15, 0.2) is 0 Å². The van der Waals surface area contributed by atoms with Crippen LogP contribution in [0.3, 0.4) is 0 Å². The molecule has 1 aromatic heterocycles. The Morgan fingerprint density at radius 2 is 2.00 bits per heavy atom. The van der Waals surface area contributed by atoms with E-state index in [2.05, 4.69) is 10.2 Å². The predicted octanol–water partition coefficient (Wildman–Crippen LogP) is 1.53. The van der Waals surface area contributed by atoms with Crippen LogP contribution in [0, 0.1) is 5.82 Å². The van der Waals surface area contributed by atoms with Crippen molar-refractivity contribution in [2.45, 2.75) is 13.0 Å². The molecule has 1 aliphatic heterocycles. The third-order valence-electron chi connectivity index (χ3n) is 3.49. The first-order valence-corrected chi connectivity index (χ1v) is 8.07. The largest absolute Gasteiger partial charge is 0.282 e. The van der Waals surface area contributed by atoms with E-state index in [9.17, 15) is 12.8 Å². The minimum atomic E-state index is -3.22. The Morgan fingerprint density at radius 1 is 1.30 bits per heavy atom. The number of rotatable bonds is 2. The third kappa shape index (κ3) is 2.34. The summed E-state index contributed by atoms with van der Waals surface area (Å²) in [6.45, 7) is 0.758. The third-order valence-corrected chi connectivity index (χ3v) is 4.73. The fourth-order valence-corrected chi connectivity index (χ4v) is 3.19. The molecule has 2 heterocycles. The standard InChI is InChI=1S/C13H14FN3O2S/c1-20(18,19)17-7-6-12-11(8-17)13(16-15-12)9-2-4-10(14)5-3-9/h2-5H,6-8H2,1H3,(H,15,16). The number of H-pyrrole nitrogens is 1. The predicted molar refractivity (Wildman–Crippen MR) is 72.9 cm³/mol. The molecule has 0 unspecified atom stereocenters. The zero-order valence-corrected chi connectivity index (χ0v) is 11.7. The van der Waals surface area contributed by atoms with Crippen LogP contribution in [0.15, 0.2) is 24.3 Å². The molecule has 20 heavy (non-hydrogen) atoms. The van der Waals surface area contributed by atoms with Gasteiger partial charge >= 0.3 is 0 Å². The zero-order chi connectivity index (χ0) is 14.3. The molecule has 0 saturated heterocycles. The molecule has 0 bridgehead atoms. The molecule has 1 aromatic carbocycles. The molecule has 0 aliphatic carbocycles. The van der Waals surface area contributed by atoms with E-state index in [0.717, 1.165) is 16.8 Å². The van der Waals surface area contributed by atoms with Gasteiger partial charge in [0.1, 0.15) is 5.82 Å². The maximum atomic E-state index is 13.0. The average molecular weight is 295 g/mol. The van der Waals surface area contributed by atoms with Crippen LogP contribution in [0.1, 0.15) is 11.3 Å². The number of hydrogen-bond acceptors (Lipinski definition) is 3. The summed E-state index contributed by atoms with van der Waals surface area (Å²) in [6, 6.07) is 6.03. The van der Waals surface area contributed by atoms with Gasteiger partial charge in [0.05, 0.1) is 11.9 Å². The summed E-state index contributed by atoms with van der Waals surface area (Å²) in [5.74, 6) is -0.309. The second-order valence-electron chi connectivity index (χ2n) is 4.88. The molecule has 0 radical (unpaired) electrons. The van der Waals surface area contributed by atoms with Crippen molar-refractivity contribution in [2.75, 3.05) is 12.8 Å². The Hall–Kier alpha value is -1.73. The molecule has 2 aromatic rings. The zero-order valence-electron chi connectivity index (χ0n) is 10.9. The summed E-state index contributed by atoms with van der Waals surface area (Å²) >= 11 is 0.